The molecule has 0 spiro atoms. The summed E-state index contributed by atoms with van der Waals surface area (Å²) in [5.41, 5.74) is 0.235. The van der Waals surface area contributed by atoms with Crippen LogP contribution >= 0.6 is 23.6 Å². The van der Waals surface area contributed by atoms with E-state index in [9.17, 15) is 13.6 Å². The molecule has 22 heavy (non-hydrogen) atoms. The number of hydrogen-bond donors (Lipinski definition) is 2. The van der Waals surface area contributed by atoms with Gasteiger partial charge in [-0.2, -0.15) is 0 Å². The zero-order valence-corrected chi connectivity index (χ0v) is 13.3. The number of anilines is 2. The quantitative estimate of drug-likeness (QED) is 0.654. The molecule has 0 bridgehead atoms. The van der Waals surface area contributed by atoms with Gasteiger partial charge in [-0.15, -0.1) is 11.3 Å². The molecular weight excluding hydrogens is 330 g/mol. The molecule has 0 aliphatic heterocycles. The summed E-state index contributed by atoms with van der Waals surface area (Å²) in [6.45, 7) is 1.82. The summed E-state index contributed by atoms with van der Waals surface area (Å²) in [4.78, 5) is 12.5. The van der Waals surface area contributed by atoms with E-state index in [-0.39, 0.29) is 10.8 Å². The molecule has 0 saturated carbocycles. The van der Waals surface area contributed by atoms with Crippen LogP contribution in [0.1, 0.15) is 15.2 Å². The smallest absolute Gasteiger partial charge is 0.340 e. The minimum absolute atomic E-state index is 0.0384. The maximum absolute atomic E-state index is 13.5. The summed E-state index contributed by atoms with van der Waals surface area (Å²) in [7, 11) is 1.28. The van der Waals surface area contributed by atoms with Gasteiger partial charge >= 0.3 is 5.97 Å². The zero-order chi connectivity index (χ0) is 16.3. The van der Waals surface area contributed by atoms with Crippen molar-refractivity contribution in [1.82, 2.24) is 0 Å². The third-order valence-corrected chi connectivity index (χ3v) is 3.83. The topological polar surface area (TPSA) is 50.4 Å². The third-order valence-electron chi connectivity index (χ3n) is 2.66. The van der Waals surface area contributed by atoms with Crippen molar-refractivity contribution in [1.29, 1.82) is 0 Å². The maximum atomic E-state index is 13.5. The van der Waals surface area contributed by atoms with Crippen molar-refractivity contribution in [2.24, 2.45) is 0 Å². The van der Waals surface area contributed by atoms with E-state index in [1.54, 1.807) is 6.07 Å². The highest BCUT2D eigenvalue weighted by Crippen LogP contribution is 2.28. The second kappa shape index (κ2) is 6.80. The summed E-state index contributed by atoms with van der Waals surface area (Å²) in [5, 5.41) is 5.85. The number of carbonyl (C=O) groups is 1. The van der Waals surface area contributed by atoms with Crippen LogP contribution in [0.3, 0.4) is 0 Å². The average molecular weight is 342 g/mol. The second-order valence-corrected chi connectivity index (χ2v) is 5.96. The molecule has 1 aromatic carbocycles. The van der Waals surface area contributed by atoms with E-state index in [1.165, 1.54) is 18.4 Å². The van der Waals surface area contributed by atoms with Gasteiger partial charge in [0, 0.05) is 10.9 Å². The van der Waals surface area contributed by atoms with E-state index in [2.05, 4.69) is 15.4 Å². The molecule has 1 heterocycles. The lowest BCUT2D eigenvalue weighted by Gasteiger charge is -2.11. The van der Waals surface area contributed by atoms with Crippen molar-refractivity contribution in [2.45, 2.75) is 6.92 Å². The van der Waals surface area contributed by atoms with Gasteiger partial charge in [0.2, 0.25) is 0 Å². The minimum atomic E-state index is -0.638. The predicted molar refractivity (Wildman–Crippen MR) is 86.6 cm³/mol. The number of halogens is 2. The van der Waals surface area contributed by atoms with E-state index in [0.29, 0.717) is 10.6 Å². The van der Waals surface area contributed by atoms with Crippen LogP contribution in [-0.4, -0.2) is 18.2 Å². The summed E-state index contributed by atoms with van der Waals surface area (Å²) in [6, 6.07) is 4.65. The Balaban J connectivity index is 2.16. The van der Waals surface area contributed by atoms with Gasteiger partial charge < -0.3 is 15.4 Å². The summed E-state index contributed by atoms with van der Waals surface area (Å²) < 4.78 is 31.3. The van der Waals surface area contributed by atoms with Gasteiger partial charge in [-0.05, 0) is 37.3 Å². The number of rotatable bonds is 3. The standard InChI is InChI=1S/C14H12F2N2O2S2/c1-7-5-9(13(19)20-2)12(22-7)18-14(21)17-11-6-8(15)3-4-10(11)16/h3-6H,1-2H3,(H2,17,18,21). The van der Waals surface area contributed by atoms with Crippen LogP contribution in [0.4, 0.5) is 19.5 Å². The fourth-order valence-corrected chi connectivity index (χ4v) is 2.90. The Morgan fingerprint density at radius 1 is 1.27 bits per heavy atom. The number of thiocarbonyl (C=S) groups is 1. The van der Waals surface area contributed by atoms with E-state index in [1.807, 2.05) is 6.92 Å². The Morgan fingerprint density at radius 2 is 2.00 bits per heavy atom. The molecule has 0 radical (unpaired) electrons. The number of thiophene rings is 1. The summed E-state index contributed by atoms with van der Waals surface area (Å²) in [6.07, 6.45) is 0. The molecule has 0 fully saturated rings. The van der Waals surface area contributed by atoms with Gasteiger partial charge in [0.1, 0.15) is 16.6 Å². The lowest BCUT2D eigenvalue weighted by atomic mass is 10.3. The number of carbonyl (C=O) groups excluding carboxylic acids is 1. The summed E-state index contributed by atoms with van der Waals surface area (Å²) in [5.74, 6) is -1.73. The van der Waals surface area contributed by atoms with Crippen molar-refractivity contribution < 1.29 is 18.3 Å². The highest BCUT2D eigenvalue weighted by Gasteiger charge is 2.16. The van der Waals surface area contributed by atoms with Crippen molar-refractivity contribution >= 4 is 45.3 Å². The number of benzene rings is 1. The predicted octanol–water partition coefficient (Wildman–Crippen LogP) is 3.93. The lowest BCUT2D eigenvalue weighted by Crippen LogP contribution is -2.20. The van der Waals surface area contributed by atoms with Gasteiger partial charge in [-0.3, -0.25) is 0 Å². The van der Waals surface area contributed by atoms with Gasteiger partial charge in [0.25, 0.3) is 0 Å². The first kappa shape index (κ1) is 16.3. The number of aryl methyl sites for hydroxylation is 1. The van der Waals surface area contributed by atoms with Crippen LogP contribution in [0.2, 0.25) is 0 Å². The molecule has 0 aliphatic carbocycles. The lowest BCUT2D eigenvalue weighted by molar-refractivity contribution is 0.0602. The molecule has 0 amide bonds. The van der Waals surface area contributed by atoms with Crippen LogP contribution in [0.15, 0.2) is 24.3 Å². The van der Waals surface area contributed by atoms with Crippen LogP contribution < -0.4 is 10.6 Å². The molecule has 2 aromatic rings. The molecule has 4 nitrogen and oxygen atoms in total. The van der Waals surface area contributed by atoms with Gasteiger partial charge in [0.15, 0.2) is 5.11 Å². The molecule has 1 aromatic heterocycles. The first-order valence-corrected chi connectivity index (χ1v) is 7.35. The highest BCUT2D eigenvalue weighted by molar-refractivity contribution is 7.80. The number of esters is 1. The van der Waals surface area contributed by atoms with E-state index >= 15 is 0 Å². The Hall–Kier alpha value is -2.06. The Labute approximate surface area is 135 Å². The number of nitrogens with one attached hydrogen (secondary N) is 2. The van der Waals surface area contributed by atoms with Crippen molar-refractivity contribution in [2.75, 3.05) is 17.7 Å². The van der Waals surface area contributed by atoms with Gasteiger partial charge in [0.05, 0.1) is 18.4 Å². The van der Waals surface area contributed by atoms with Gasteiger partial charge in [-0.1, -0.05) is 0 Å². The Bertz CT molecular complexity index is 732. The molecule has 8 heteroatoms. The SMILES string of the molecule is COC(=O)c1cc(C)sc1NC(=S)Nc1cc(F)ccc1F. The van der Waals surface area contributed by atoms with Crippen LogP contribution in [0.5, 0.6) is 0 Å². The minimum Gasteiger partial charge on any atom is -0.465 e. The molecule has 2 rings (SSSR count). The monoisotopic (exact) mass is 342 g/mol. The molecule has 116 valence electrons. The van der Waals surface area contributed by atoms with E-state index < -0.39 is 17.6 Å². The van der Waals surface area contributed by atoms with Crippen molar-refractivity contribution in [3.05, 3.63) is 46.3 Å². The van der Waals surface area contributed by atoms with Crippen LogP contribution in [0.25, 0.3) is 0 Å². The van der Waals surface area contributed by atoms with Crippen LogP contribution in [0, 0.1) is 18.6 Å². The number of methoxy groups -OCH3 is 1. The second-order valence-electron chi connectivity index (χ2n) is 4.29. The normalized spacial score (nSPS) is 10.2. The zero-order valence-electron chi connectivity index (χ0n) is 11.7. The van der Waals surface area contributed by atoms with Gasteiger partial charge in [-0.25, -0.2) is 13.6 Å². The fraction of sp³-hybridized carbons (Fsp3) is 0.143. The number of ether oxygens (including phenoxy) is 1. The first-order chi connectivity index (χ1) is 10.4. The first-order valence-electron chi connectivity index (χ1n) is 6.12. The van der Waals surface area contributed by atoms with E-state index in [0.717, 1.165) is 23.1 Å². The Morgan fingerprint density at radius 3 is 2.68 bits per heavy atom. The van der Waals surface area contributed by atoms with Crippen LogP contribution in [-0.2, 0) is 4.74 Å². The Kier molecular flexibility index (Phi) is 5.04. The number of hydrogen-bond acceptors (Lipinski definition) is 4. The molecule has 0 saturated heterocycles. The van der Waals surface area contributed by atoms with E-state index in [4.69, 9.17) is 12.2 Å². The highest BCUT2D eigenvalue weighted by atomic mass is 32.1. The maximum Gasteiger partial charge on any atom is 0.340 e. The molecular formula is C14H12F2N2O2S2. The molecule has 2 N–H and O–H groups in total. The van der Waals surface area contributed by atoms with Crippen molar-refractivity contribution in [3.8, 4) is 0 Å². The third kappa shape index (κ3) is 3.77. The molecule has 0 unspecified atom stereocenters. The molecule has 0 atom stereocenters. The fourth-order valence-electron chi connectivity index (χ4n) is 1.72. The average Bonchev–Trinajstić information content (AvgIpc) is 2.82. The van der Waals surface area contributed by atoms with Crippen molar-refractivity contribution in [3.63, 3.8) is 0 Å². The molecule has 0 aliphatic rings. The largest absolute Gasteiger partial charge is 0.465 e. The summed E-state index contributed by atoms with van der Waals surface area (Å²) >= 11 is 6.35.